The lowest BCUT2D eigenvalue weighted by molar-refractivity contribution is -0.153. The fourth-order valence-corrected chi connectivity index (χ4v) is 1.73. The van der Waals surface area contributed by atoms with Crippen molar-refractivity contribution in [1.29, 1.82) is 0 Å². The Morgan fingerprint density at radius 1 is 1.50 bits per heavy atom. The average molecular weight is 218 g/mol. The van der Waals surface area contributed by atoms with Gasteiger partial charge in [0.1, 0.15) is 6.10 Å². The standard InChI is InChI=1S/C8H10O5S/c9-2-5-1-4(3-14-5)6(10)7(11)8(12)13/h1,3,6-7,9-11H,2H2,(H,12,13). The number of carboxylic acids is 1. The molecular weight excluding hydrogens is 208 g/mol. The molecule has 0 aliphatic heterocycles. The summed E-state index contributed by atoms with van der Waals surface area (Å²) in [6, 6.07) is 1.46. The van der Waals surface area contributed by atoms with Crippen molar-refractivity contribution in [2.45, 2.75) is 18.8 Å². The van der Waals surface area contributed by atoms with E-state index in [0.29, 0.717) is 10.4 Å². The van der Waals surface area contributed by atoms with Gasteiger partial charge >= 0.3 is 5.97 Å². The number of thiophene rings is 1. The van der Waals surface area contributed by atoms with E-state index in [-0.39, 0.29) is 6.61 Å². The predicted octanol–water partition coefficient (Wildman–Crippen LogP) is -0.281. The molecule has 0 aromatic carbocycles. The van der Waals surface area contributed by atoms with Crippen LogP contribution in [0.25, 0.3) is 0 Å². The number of aliphatic hydroxyl groups excluding tert-OH is 3. The quantitative estimate of drug-likeness (QED) is 0.557. The molecule has 0 fully saturated rings. The maximum atomic E-state index is 10.3. The Morgan fingerprint density at radius 2 is 2.14 bits per heavy atom. The van der Waals surface area contributed by atoms with Gasteiger partial charge in [0.2, 0.25) is 0 Å². The molecule has 0 aliphatic rings. The Kier molecular flexibility index (Phi) is 3.59. The molecule has 4 N–H and O–H groups in total. The molecule has 0 amide bonds. The molecule has 6 heteroatoms. The number of aliphatic hydroxyl groups is 3. The molecule has 0 saturated heterocycles. The molecule has 0 radical (unpaired) electrons. The first-order valence-electron chi connectivity index (χ1n) is 3.83. The highest BCUT2D eigenvalue weighted by Gasteiger charge is 2.25. The van der Waals surface area contributed by atoms with Crippen LogP contribution in [0, 0.1) is 0 Å². The monoisotopic (exact) mass is 218 g/mol. The van der Waals surface area contributed by atoms with Crippen LogP contribution in [-0.4, -0.2) is 32.5 Å². The van der Waals surface area contributed by atoms with Gasteiger partial charge in [-0.3, -0.25) is 0 Å². The molecule has 2 unspecified atom stereocenters. The van der Waals surface area contributed by atoms with Crippen LogP contribution in [0.2, 0.25) is 0 Å². The lowest BCUT2D eigenvalue weighted by atomic mass is 10.1. The van der Waals surface area contributed by atoms with Crippen LogP contribution in [-0.2, 0) is 11.4 Å². The number of carbonyl (C=O) groups is 1. The Hall–Kier alpha value is -0.950. The third-order valence-electron chi connectivity index (χ3n) is 1.72. The molecule has 14 heavy (non-hydrogen) atoms. The molecule has 2 atom stereocenters. The van der Waals surface area contributed by atoms with Crippen molar-refractivity contribution < 1.29 is 25.2 Å². The second-order valence-electron chi connectivity index (χ2n) is 2.73. The van der Waals surface area contributed by atoms with Crippen molar-refractivity contribution in [3.63, 3.8) is 0 Å². The number of hydrogen-bond acceptors (Lipinski definition) is 5. The molecule has 1 aromatic rings. The maximum absolute atomic E-state index is 10.3. The summed E-state index contributed by atoms with van der Waals surface area (Å²) < 4.78 is 0. The predicted molar refractivity (Wildman–Crippen MR) is 48.8 cm³/mol. The smallest absolute Gasteiger partial charge is 0.335 e. The van der Waals surface area contributed by atoms with Gasteiger partial charge in [-0.15, -0.1) is 11.3 Å². The third kappa shape index (κ3) is 2.30. The van der Waals surface area contributed by atoms with Crippen molar-refractivity contribution in [2.75, 3.05) is 0 Å². The Balaban J connectivity index is 2.78. The summed E-state index contributed by atoms with van der Waals surface area (Å²) in [6.45, 7) is -0.166. The average Bonchev–Trinajstić information content (AvgIpc) is 2.63. The third-order valence-corrected chi connectivity index (χ3v) is 2.66. The molecule has 1 aromatic heterocycles. The number of carboxylic acid groups (broad SMARTS) is 1. The van der Waals surface area contributed by atoms with E-state index < -0.39 is 18.2 Å². The van der Waals surface area contributed by atoms with E-state index in [2.05, 4.69) is 0 Å². The molecule has 0 spiro atoms. The molecule has 0 bridgehead atoms. The summed E-state index contributed by atoms with van der Waals surface area (Å²) in [5.74, 6) is -1.48. The first-order valence-corrected chi connectivity index (χ1v) is 4.71. The minimum atomic E-state index is -1.84. The van der Waals surface area contributed by atoms with Gasteiger partial charge in [-0.1, -0.05) is 0 Å². The van der Waals surface area contributed by atoms with E-state index in [9.17, 15) is 9.90 Å². The highest BCUT2D eigenvalue weighted by atomic mass is 32.1. The van der Waals surface area contributed by atoms with Gasteiger partial charge in [0.25, 0.3) is 0 Å². The highest BCUT2D eigenvalue weighted by molar-refractivity contribution is 7.10. The molecule has 5 nitrogen and oxygen atoms in total. The number of hydrogen-bond donors (Lipinski definition) is 4. The van der Waals surface area contributed by atoms with Crippen LogP contribution >= 0.6 is 11.3 Å². The van der Waals surface area contributed by atoms with E-state index in [0.717, 1.165) is 0 Å². The van der Waals surface area contributed by atoms with Gasteiger partial charge in [0.05, 0.1) is 6.61 Å². The Labute approximate surface area is 83.9 Å². The largest absolute Gasteiger partial charge is 0.479 e. The summed E-state index contributed by atoms with van der Waals surface area (Å²) in [5.41, 5.74) is 0.300. The SMILES string of the molecule is O=C(O)C(O)C(O)c1csc(CO)c1. The second-order valence-corrected chi connectivity index (χ2v) is 3.73. The van der Waals surface area contributed by atoms with Crippen LogP contribution in [0.3, 0.4) is 0 Å². The number of rotatable bonds is 4. The number of aliphatic carboxylic acids is 1. The molecule has 1 heterocycles. The van der Waals surface area contributed by atoms with E-state index in [1.165, 1.54) is 22.8 Å². The van der Waals surface area contributed by atoms with E-state index in [4.69, 9.17) is 15.3 Å². The molecule has 78 valence electrons. The van der Waals surface area contributed by atoms with Crippen molar-refractivity contribution in [2.24, 2.45) is 0 Å². The zero-order valence-corrected chi connectivity index (χ0v) is 7.94. The summed E-state index contributed by atoms with van der Waals surface area (Å²) in [7, 11) is 0. The van der Waals surface area contributed by atoms with Gasteiger partial charge in [0.15, 0.2) is 6.10 Å². The van der Waals surface area contributed by atoms with Crippen LogP contribution in [0.5, 0.6) is 0 Å². The topological polar surface area (TPSA) is 98.0 Å². The summed E-state index contributed by atoms with van der Waals surface area (Å²) >= 11 is 1.19. The fraction of sp³-hybridized carbons (Fsp3) is 0.375. The minimum Gasteiger partial charge on any atom is -0.479 e. The molecule has 0 saturated carbocycles. The fourth-order valence-electron chi connectivity index (χ4n) is 0.953. The van der Waals surface area contributed by atoms with Crippen molar-refractivity contribution in [1.82, 2.24) is 0 Å². The Bertz CT molecular complexity index is 321. The van der Waals surface area contributed by atoms with Crippen LogP contribution in [0.15, 0.2) is 11.4 Å². The first kappa shape index (κ1) is 11.1. The van der Waals surface area contributed by atoms with Crippen LogP contribution < -0.4 is 0 Å². The van der Waals surface area contributed by atoms with Crippen LogP contribution in [0.4, 0.5) is 0 Å². The summed E-state index contributed by atoms with van der Waals surface area (Å²) in [5, 5.41) is 37.0. The lowest BCUT2D eigenvalue weighted by Crippen LogP contribution is -2.27. The molecular formula is C8H10O5S. The first-order chi connectivity index (χ1) is 6.56. The van der Waals surface area contributed by atoms with Gasteiger partial charge in [-0.2, -0.15) is 0 Å². The zero-order valence-electron chi connectivity index (χ0n) is 7.12. The molecule has 0 aliphatic carbocycles. The van der Waals surface area contributed by atoms with E-state index in [1.807, 2.05) is 0 Å². The van der Waals surface area contributed by atoms with Gasteiger partial charge in [-0.25, -0.2) is 4.79 Å². The normalized spacial score (nSPS) is 15.1. The zero-order chi connectivity index (χ0) is 10.7. The maximum Gasteiger partial charge on any atom is 0.335 e. The van der Waals surface area contributed by atoms with Crippen molar-refractivity contribution in [3.8, 4) is 0 Å². The summed E-state index contributed by atoms with van der Waals surface area (Å²) in [6.07, 6.45) is -3.29. The van der Waals surface area contributed by atoms with Crippen LogP contribution in [0.1, 0.15) is 16.5 Å². The molecule has 1 rings (SSSR count). The summed E-state index contributed by atoms with van der Waals surface area (Å²) in [4.78, 5) is 10.9. The Morgan fingerprint density at radius 3 is 2.57 bits per heavy atom. The highest BCUT2D eigenvalue weighted by Crippen LogP contribution is 2.23. The lowest BCUT2D eigenvalue weighted by Gasteiger charge is -2.11. The van der Waals surface area contributed by atoms with E-state index in [1.54, 1.807) is 0 Å². The van der Waals surface area contributed by atoms with E-state index >= 15 is 0 Å². The second kappa shape index (κ2) is 4.52. The van der Waals surface area contributed by atoms with Gasteiger partial charge < -0.3 is 20.4 Å². The van der Waals surface area contributed by atoms with Crippen molar-refractivity contribution >= 4 is 17.3 Å². The van der Waals surface area contributed by atoms with Crippen molar-refractivity contribution in [3.05, 3.63) is 21.9 Å². The van der Waals surface area contributed by atoms with Gasteiger partial charge in [-0.05, 0) is 17.0 Å². The minimum absolute atomic E-state index is 0.166. The van der Waals surface area contributed by atoms with Gasteiger partial charge in [0, 0.05) is 4.88 Å².